The number of anilines is 3. The Hall–Kier alpha value is -3.81. The molecule has 0 radical (unpaired) electrons. The third-order valence-corrected chi connectivity index (χ3v) is 5.78. The van der Waals surface area contributed by atoms with Crippen molar-refractivity contribution in [3.63, 3.8) is 0 Å². The monoisotopic (exact) mass is 446 g/mol. The molecule has 2 heterocycles. The zero-order chi connectivity index (χ0) is 23.2. The fourth-order valence-electron chi connectivity index (χ4n) is 3.97. The second kappa shape index (κ2) is 10.2. The van der Waals surface area contributed by atoms with Crippen LogP contribution >= 0.6 is 0 Å². The standard InChI is InChI=1S/C25H30N6O2/c1-18-5-9-22(10-6-18)28-25(33)26-16-19-4-3-14-31(17-19)24(32)20-7-11-21(12-8-20)27-23-13-15-30(2)29-23/h5-13,15,19H,3-4,14,16-17H2,1-2H3,(H,27,29)(H2,26,28,33). The van der Waals surface area contributed by atoms with E-state index in [1.165, 1.54) is 0 Å². The van der Waals surface area contributed by atoms with Gasteiger partial charge in [-0.25, -0.2) is 4.79 Å². The summed E-state index contributed by atoms with van der Waals surface area (Å²) in [5, 5.41) is 13.3. The first-order valence-electron chi connectivity index (χ1n) is 11.2. The number of amides is 3. The number of nitrogens with one attached hydrogen (secondary N) is 3. The van der Waals surface area contributed by atoms with Crippen molar-refractivity contribution in [2.24, 2.45) is 13.0 Å². The van der Waals surface area contributed by atoms with E-state index in [-0.39, 0.29) is 17.9 Å². The van der Waals surface area contributed by atoms with Crippen LogP contribution in [0.2, 0.25) is 0 Å². The summed E-state index contributed by atoms with van der Waals surface area (Å²) in [5.41, 5.74) is 3.45. The van der Waals surface area contributed by atoms with E-state index in [0.29, 0.717) is 18.7 Å². The van der Waals surface area contributed by atoms with Gasteiger partial charge in [0.25, 0.3) is 5.91 Å². The molecule has 1 aromatic heterocycles. The third-order valence-electron chi connectivity index (χ3n) is 5.78. The van der Waals surface area contributed by atoms with Crippen LogP contribution in [0, 0.1) is 12.8 Å². The Labute approximate surface area is 194 Å². The smallest absolute Gasteiger partial charge is 0.319 e. The van der Waals surface area contributed by atoms with Gasteiger partial charge < -0.3 is 20.9 Å². The lowest BCUT2D eigenvalue weighted by Crippen LogP contribution is -2.44. The number of carbonyl (C=O) groups is 2. The molecule has 1 aliphatic rings. The molecular weight excluding hydrogens is 416 g/mol. The van der Waals surface area contributed by atoms with Gasteiger partial charge in [-0.15, -0.1) is 0 Å². The number of urea groups is 1. The molecule has 3 amide bonds. The number of hydrogen-bond donors (Lipinski definition) is 3. The lowest BCUT2D eigenvalue weighted by atomic mass is 9.97. The topological polar surface area (TPSA) is 91.3 Å². The van der Waals surface area contributed by atoms with Gasteiger partial charge in [-0.1, -0.05) is 17.7 Å². The highest BCUT2D eigenvalue weighted by Crippen LogP contribution is 2.20. The number of rotatable bonds is 6. The van der Waals surface area contributed by atoms with Crippen LogP contribution in [0.3, 0.4) is 0 Å². The van der Waals surface area contributed by atoms with E-state index in [2.05, 4.69) is 21.0 Å². The number of hydrogen-bond acceptors (Lipinski definition) is 4. The molecular formula is C25H30N6O2. The summed E-state index contributed by atoms with van der Waals surface area (Å²) in [6.07, 6.45) is 3.78. The molecule has 0 spiro atoms. The predicted molar refractivity (Wildman–Crippen MR) is 130 cm³/mol. The number of nitrogens with zero attached hydrogens (tertiary/aromatic N) is 3. The van der Waals surface area contributed by atoms with E-state index in [0.717, 1.165) is 42.1 Å². The quantitative estimate of drug-likeness (QED) is 0.531. The first kappa shape index (κ1) is 22.4. The van der Waals surface area contributed by atoms with E-state index in [1.54, 1.807) is 4.68 Å². The molecule has 4 rings (SSSR count). The summed E-state index contributed by atoms with van der Waals surface area (Å²) in [6, 6.07) is 16.8. The van der Waals surface area contributed by atoms with Crippen molar-refractivity contribution in [2.75, 3.05) is 30.3 Å². The molecule has 3 N–H and O–H groups in total. The van der Waals surface area contributed by atoms with Crippen LogP contribution in [-0.4, -0.2) is 46.3 Å². The van der Waals surface area contributed by atoms with Gasteiger partial charge in [-0.05, 0) is 62.1 Å². The molecule has 172 valence electrons. The molecule has 0 saturated carbocycles. The van der Waals surface area contributed by atoms with Gasteiger partial charge in [0.15, 0.2) is 5.82 Å². The highest BCUT2D eigenvalue weighted by Gasteiger charge is 2.24. The molecule has 0 aliphatic carbocycles. The van der Waals surface area contributed by atoms with E-state index in [4.69, 9.17) is 0 Å². The van der Waals surface area contributed by atoms with Crippen molar-refractivity contribution < 1.29 is 9.59 Å². The first-order chi connectivity index (χ1) is 16.0. The van der Waals surface area contributed by atoms with Crippen molar-refractivity contribution in [1.29, 1.82) is 0 Å². The largest absolute Gasteiger partial charge is 0.339 e. The number of aromatic nitrogens is 2. The van der Waals surface area contributed by atoms with Crippen molar-refractivity contribution in [1.82, 2.24) is 20.0 Å². The molecule has 0 bridgehead atoms. The highest BCUT2D eigenvalue weighted by molar-refractivity contribution is 5.94. The van der Waals surface area contributed by atoms with Crippen molar-refractivity contribution >= 4 is 29.1 Å². The molecule has 2 aromatic carbocycles. The Morgan fingerprint density at radius 1 is 1.03 bits per heavy atom. The number of piperidine rings is 1. The van der Waals surface area contributed by atoms with Crippen molar-refractivity contribution in [3.05, 3.63) is 71.9 Å². The van der Waals surface area contributed by atoms with Gasteiger partial charge in [0.2, 0.25) is 0 Å². The Morgan fingerprint density at radius 2 is 1.76 bits per heavy atom. The molecule has 8 nitrogen and oxygen atoms in total. The van der Waals surface area contributed by atoms with E-state index >= 15 is 0 Å². The van der Waals surface area contributed by atoms with Crippen LogP contribution in [0.25, 0.3) is 0 Å². The Morgan fingerprint density at radius 3 is 2.45 bits per heavy atom. The van der Waals surface area contributed by atoms with Crippen LogP contribution in [0.1, 0.15) is 28.8 Å². The van der Waals surface area contributed by atoms with Gasteiger partial charge in [-0.3, -0.25) is 9.48 Å². The molecule has 8 heteroatoms. The van der Waals surface area contributed by atoms with Crippen LogP contribution in [0.4, 0.5) is 22.0 Å². The van der Waals surface area contributed by atoms with E-state index in [1.807, 2.05) is 79.7 Å². The van der Waals surface area contributed by atoms with E-state index < -0.39 is 0 Å². The minimum absolute atomic E-state index is 0.0215. The zero-order valence-corrected chi connectivity index (χ0v) is 19.0. The summed E-state index contributed by atoms with van der Waals surface area (Å²) < 4.78 is 1.73. The Balaban J connectivity index is 1.27. The second-order valence-electron chi connectivity index (χ2n) is 8.54. The molecule has 1 unspecified atom stereocenters. The average Bonchev–Trinajstić information content (AvgIpc) is 3.24. The number of likely N-dealkylation sites (tertiary alicyclic amines) is 1. The Bertz CT molecular complexity index is 1090. The maximum absolute atomic E-state index is 13.0. The third kappa shape index (κ3) is 6.12. The summed E-state index contributed by atoms with van der Waals surface area (Å²) in [7, 11) is 1.87. The molecule has 1 saturated heterocycles. The summed E-state index contributed by atoms with van der Waals surface area (Å²) in [5.74, 6) is 1.01. The van der Waals surface area contributed by atoms with E-state index in [9.17, 15) is 9.59 Å². The normalized spacial score (nSPS) is 15.7. The van der Waals surface area contributed by atoms with Crippen LogP contribution < -0.4 is 16.0 Å². The predicted octanol–water partition coefficient (Wildman–Crippen LogP) is 4.15. The van der Waals surface area contributed by atoms with Gasteiger partial charge >= 0.3 is 6.03 Å². The van der Waals surface area contributed by atoms with Gasteiger partial charge in [0.05, 0.1) is 0 Å². The fourth-order valence-corrected chi connectivity index (χ4v) is 3.97. The summed E-state index contributed by atoms with van der Waals surface area (Å²) >= 11 is 0. The lowest BCUT2D eigenvalue weighted by Gasteiger charge is -2.33. The van der Waals surface area contributed by atoms with Crippen LogP contribution in [0.5, 0.6) is 0 Å². The molecule has 33 heavy (non-hydrogen) atoms. The van der Waals surface area contributed by atoms with Gasteiger partial charge in [0.1, 0.15) is 0 Å². The number of carbonyl (C=O) groups excluding carboxylic acids is 2. The fraction of sp³-hybridized carbons (Fsp3) is 0.320. The molecule has 1 fully saturated rings. The number of benzene rings is 2. The summed E-state index contributed by atoms with van der Waals surface area (Å²) in [4.78, 5) is 27.1. The SMILES string of the molecule is Cc1ccc(NC(=O)NCC2CCCN(C(=O)c3ccc(Nc4ccn(C)n4)cc3)C2)cc1. The minimum Gasteiger partial charge on any atom is -0.339 e. The maximum Gasteiger partial charge on any atom is 0.319 e. The molecule has 3 aromatic rings. The van der Waals surface area contributed by atoms with Crippen molar-refractivity contribution in [2.45, 2.75) is 19.8 Å². The maximum atomic E-state index is 13.0. The van der Waals surface area contributed by atoms with Crippen molar-refractivity contribution in [3.8, 4) is 0 Å². The number of aryl methyl sites for hydroxylation is 2. The summed E-state index contributed by atoms with van der Waals surface area (Å²) in [6.45, 7) is 3.91. The van der Waals surface area contributed by atoms with Gasteiger partial charge in [0, 0.05) is 55.9 Å². The Kier molecular flexibility index (Phi) is 6.92. The second-order valence-corrected chi connectivity index (χ2v) is 8.54. The lowest BCUT2D eigenvalue weighted by molar-refractivity contribution is 0.0675. The molecule has 1 atom stereocenters. The highest BCUT2D eigenvalue weighted by atomic mass is 16.2. The molecule has 1 aliphatic heterocycles. The van der Waals surface area contributed by atoms with Crippen LogP contribution in [0.15, 0.2) is 60.8 Å². The average molecular weight is 447 g/mol. The zero-order valence-electron chi connectivity index (χ0n) is 19.0. The first-order valence-corrected chi connectivity index (χ1v) is 11.2. The minimum atomic E-state index is -0.224. The van der Waals surface area contributed by atoms with Gasteiger partial charge in [-0.2, -0.15) is 5.10 Å². The van der Waals surface area contributed by atoms with Crippen LogP contribution in [-0.2, 0) is 7.05 Å².